The van der Waals surface area contributed by atoms with Gasteiger partial charge in [-0.3, -0.25) is 0 Å². The Morgan fingerprint density at radius 3 is 2.13 bits per heavy atom. The molecule has 0 radical (unpaired) electrons. The molecule has 0 fully saturated rings. The van der Waals surface area contributed by atoms with Crippen LogP contribution in [0.4, 0.5) is 20.2 Å². The van der Waals surface area contributed by atoms with Gasteiger partial charge in [0, 0.05) is 23.9 Å². The first-order valence-electron chi connectivity index (χ1n) is 6.38. The van der Waals surface area contributed by atoms with Crippen LogP contribution < -0.4 is 20.1 Å². The zero-order valence-electron chi connectivity index (χ0n) is 12.2. The second kappa shape index (κ2) is 7.43. The van der Waals surface area contributed by atoms with Gasteiger partial charge in [0.2, 0.25) is 0 Å². The Bertz CT molecular complexity index is 723. The Labute approximate surface area is 142 Å². The van der Waals surface area contributed by atoms with Crippen molar-refractivity contribution in [1.29, 1.82) is 0 Å². The predicted molar refractivity (Wildman–Crippen MR) is 90.8 cm³/mol. The molecule has 0 aliphatic carbocycles. The van der Waals surface area contributed by atoms with Crippen molar-refractivity contribution in [2.24, 2.45) is 0 Å². The Balaban J connectivity index is 2.19. The summed E-state index contributed by atoms with van der Waals surface area (Å²) in [6.45, 7) is 0. The number of methoxy groups -OCH3 is 2. The van der Waals surface area contributed by atoms with E-state index in [-0.39, 0.29) is 10.8 Å². The van der Waals surface area contributed by atoms with Crippen LogP contribution >= 0.6 is 23.8 Å². The monoisotopic (exact) mass is 358 g/mol. The van der Waals surface area contributed by atoms with Crippen LogP contribution in [0.2, 0.25) is 5.02 Å². The largest absolute Gasteiger partial charge is 0.495 e. The first kappa shape index (κ1) is 17.2. The molecule has 122 valence electrons. The standard InChI is InChI=1S/C15H13ClF2N2O2S/c1-21-13-7-12(14(22-2)6-11(13)16)20-15(23)19-10-4-8(17)3-9(18)5-10/h3-7H,1-2H3,(H2,19,20,23). The fraction of sp³-hybridized carbons (Fsp3) is 0.133. The number of halogens is 3. The first-order chi connectivity index (χ1) is 10.9. The van der Waals surface area contributed by atoms with Crippen molar-refractivity contribution in [2.45, 2.75) is 0 Å². The zero-order valence-corrected chi connectivity index (χ0v) is 13.8. The Kier molecular flexibility index (Phi) is 5.57. The molecule has 0 atom stereocenters. The highest BCUT2D eigenvalue weighted by atomic mass is 35.5. The van der Waals surface area contributed by atoms with E-state index in [0.29, 0.717) is 22.2 Å². The van der Waals surface area contributed by atoms with E-state index >= 15 is 0 Å². The second-order valence-corrected chi connectivity index (χ2v) is 5.24. The fourth-order valence-electron chi connectivity index (χ4n) is 1.87. The maximum Gasteiger partial charge on any atom is 0.175 e. The molecule has 0 saturated carbocycles. The minimum Gasteiger partial charge on any atom is -0.495 e. The molecular weight excluding hydrogens is 346 g/mol. The van der Waals surface area contributed by atoms with Gasteiger partial charge in [0.05, 0.1) is 24.9 Å². The number of benzene rings is 2. The summed E-state index contributed by atoms with van der Waals surface area (Å²) in [7, 11) is 2.95. The smallest absolute Gasteiger partial charge is 0.175 e. The number of rotatable bonds is 4. The van der Waals surface area contributed by atoms with Gasteiger partial charge in [-0.15, -0.1) is 0 Å². The molecule has 0 aromatic heterocycles. The van der Waals surface area contributed by atoms with Gasteiger partial charge in [0.1, 0.15) is 23.1 Å². The van der Waals surface area contributed by atoms with Crippen molar-refractivity contribution >= 4 is 40.3 Å². The average Bonchev–Trinajstić information content (AvgIpc) is 2.47. The van der Waals surface area contributed by atoms with Gasteiger partial charge in [0.25, 0.3) is 0 Å². The SMILES string of the molecule is COc1cc(NC(=S)Nc2cc(F)cc(F)c2)c(OC)cc1Cl. The van der Waals surface area contributed by atoms with Crippen LogP contribution in [-0.2, 0) is 0 Å². The topological polar surface area (TPSA) is 42.5 Å². The van der Waals surface area contributed by atoms with Crippen molar-refractivity contribution in [3.05, 3.63) is 47.0 Å². The molecule has 0 aliphatic heterocycles. The van der Waals surface area contributed by atoms with Gasteiger partial charge >= 0.3 is 0 Å². The third-order valence-corrected chi connectivity index (χ3v) is 3.34. The van der Waals surface area contributed by atoms with Crippen LogP contribution in [0.3, 0.4) is 0 Å². The number of anilines is 2. The van der Waals surface area contributed by atoms with E-state index < -0.39 is 11.6 Å². The van der Waals surface area contributed by atoms with E-state index in [2.05, 4.69) is 10.6 Å². The molecule has 23 heavy (non-hydrogen) atoms. The minimum absolute atomic E-state index is 0.123. The van der Waals surface area contributed by atoms with E-state index in [0.717, 1.165) is 18.2 Å². The fourth-order valence-corrected chi connectivity index (χ4v) is 2.33. The summed E-state index contributed by atoms with van der Waals surface area (Å²) in [5.41, 5.74) is 0.669. The molecule has 2 N–H and O–H groups in total. The molecule has 4 nitrogen and oxygen atoms in total. The van der Waals surface area contributed by atoms with Gasteiger partial charge in [-0.2, -0.15) is 0 Å². The molecule has 2 aromatic rings. The lowest BCUT2D eigenvalue weighted by Crippen LogP contribution is -2.19. The van der Waals surface area contributed by atoms with Crippen molar-refractivity contribution in [3.8, 4) is 11.5 Å². The maximum atomic E-state index is 13.2. The summed E-state index contributed by atoms with van der Waals surface area (Å²) in [6, 6.07) is 6.18. The zero-order chi connectivity index (χ0) is 17.0. The van der Waals surface area contributed by atoms with Crippen molar-refractivity contribution in [1.82, 2.24) is 0 Å². The van der Waals surface area contributed by atoms with Crippen LogP contribution in [0.5, 0.6) is 11.5 Å². The molecule has 0 amide bonds. The quantitative estimate of drug-likeness (QED) is 0.791. The summed E-state index contributed by atoms with van der Waals surface area (Å²) in [5.74, 6) is -0.554. The summed E-state index contributed by atoms with van der Waals surface area (Å²) in [4.78, 5) is 0. The number of hydrogen-bond acceptors (Lipinski definition) is 3. The summed E-state index contributed by atoms with van der Waals surface area (Å²) < 4.78 is 36.7. The second-order valence-electron chi connectivity index (χ2n) is 4.42. The lowest BCUT2D eigenvalue weighted by atomic mass is 10.2. The third kappa shape index (κ3) is 4.43. The van der Waals surface area contributed by atoms with Crippen LogP contribution in [0.15, 0.2) is 30.3 Å². The van der Waals surface area contributed by atoms with Crippen molar-refractivity contribution in [2.75, 3.05) is 24.9 Å². The Morgan fingerprint density at radius 1 is 0.957 bits per heavy atom. The van der Waals surface area contributed by atoms with Gasteiger partial charge in [-0.1, -0.05) is 11.6 Å². The molecule has 0 saturated heterocycles. The predicted octanol–water partition coefficient (Wildman–Crippen LogP) is 4.44. The van der Waals surface area contributed by atoms with Crippen LogP contribution in [-0.4, -0.2) is 19.3 Å². The van der Waals surface area contributed by atoms with Crippen molar-refractivity contribution < 1.29 is 18.3 Å². The molecule has 2 aromatic carbocycles. The summed E-state index contributed by atoms with van der Waals surface area (Å²) in [6.07, 6.45) is 0. The molecule has 0 bridgehead atoms. The molecule has 2 rings (SSSR count). The summed E-state index contributed by atoms with van der Waals surface area (Å²) in [5, 5.41) is 6.05. The van der Waals surface area contributed by atoms with E-state index in [4.69, 9.17) is 33.3 Å². The number of ether oxygens (including phenoxy) is 2. The Morgan fingerprint density at radius 2 is 1.57 bits per heavy atom. The molecule has 0 aliphatic rings. The lowest BCUT2D eigenvalue weighted by molar-refractivity contribution is 0.405. The first-order valence-corrected chi connectivity index (χ1v) is 7.17. The van der Waals surface area contributed by atoms with E-state index in [1.54, 1.807) is 12.1 Å². The van der Waals surface area contributed by atoms with Gasteiger partial charge in [-0.05, 0) is 24.4 Å². The van der Waals surface area contributed by atoms with Gasteiger partial charge in [0.15, 0.2) is 5.11 Å². The average molecular weight is 359 g/mol. The van der Waals surface area contributed by atoms with Crippen LogP contribution in [0, 0.1) is 11.6 Å². The van der Waals surface area contributed by atoms with E-state index in [1.165, 1.54) is 14.2 Å². The molecular formula is C15H13ClF2N2O2S. The molecule has 0 spiro atoms. The number of nitrogens with one attached hydrogen (secondary N) is 2. The van der Waals surface area contributed by atoms with Crippen molar-refractivity contribution in [3.63, 3.8) is 0 Å². The third-order valence-electron chi connectivity index (χ3n) is 2.84. The van der Waals surface area contributed by atoms with Crippen LogP contribution in [0.25, 0.3) is 0 Å². The maximum absolute atomic E-state index is 13.2. The van der Waals surface area contributed by atoms with Gasteiger partial charge in [-0.25, -0.2) is 8.78 Å². The highest BCUT2D eigenvalue weighted by molar-refractivity contribution is 7.80. The molecule has 0 heterocycles. The molecule has 8 heteroatoms. The number of thiocarbonyl (C=S) groups is 1. The molecule has 0 unspecified atom stereocenters. The highest BCUT2D eigenvalue weighted by Gasteiger charge is 2.11. The van der Waals surface area contributed by atoms with Gasteiger partial charge < -0.3 is 20.1 Å². The van der Waals surface area contributed by atoms with Crippen LogP contribution in [0.1, 0.15) is 0 Å². The summed E-state index contributed by atoms with van der Waals surface area (Å²) >= 11 is 11.1. The minimum atomic E-state index is -0.707. The van der Waals surface area contributed by atoms with E-state index in [1.807, 2.05) is 0 Å². The highest BCUT2D eigenvalue weighted by Crippen LogP contribution is 2.35. The normalized spacial score (nSPS) is 10.1. The Hall–Kier alpha value is -2.12. The van der Waals surface area contributed by atoms with E-state index in [9.17, 15) is 8.78 Å². The number of hydrogen-bond donors (Lipinski definition) is 2. The lowest BCUT2D eigenvalue weighted by Gasteiger charge is -2.15.